The first-order valence-electron chi connectivity index (χ1n) is 20.9. The Bertz CT molecular complexity index is 1860. The summed E-state index contributed by atoms with van der Waals surface area (Å²) in [6, 6.07) is 51.4. The number of rotatable bonds is 18. The first kappa shape index (κ1) is 42.8. The molecule has 4 atom stereocenters. The lowest BCUT2D eigenvalue weighted by Gasteiger charge is -2.45. The molecule has 1 amide bonds. The van der Waals surface area contributed by atoms with E-state index in [1.54, 1.807) is 4.90 Å². The maximum Gasteiger partial charge on any atom is 0.413 e. The molecule has 0 radical (unpaired) electrons. The van der Waals surface area contributed by atoms with E-state index in [1.807, 2.05) is 58.0 Å². The van der Waals surface area contributed by atoms with E-state index in [1.165, 1.54) is 0 Å². The fourth-order valence-electron chi connectivity index (χ4n) is 8.59. The highest BCUT2D eigenvalue weighted by atomic mass is 16.6. The smallest absolute Gasteiger partial charge is 0.413 e. The minimum Gasteiger partial charge on any atom is -0.442 e. The molecule has 0 aliphatic carbocycles. The molecule has 1 fully saturated rings. The van der Waals surface area contributed by atoms with Crippen LogP contribution in [-0.4, -0.2) is 68.1 Å². The van der Waals surface area contributed by atoms with E-state index in [-0.39, 0.29) is 12.0 Å². The molecule has 7 heteroatoms. The predicted molar refractivity (Wildman–Crippen MR) is 234 cm³/mol. The van der Waals surface area contributed by atoms with Gasteiger partial charge in [0, 0.05) is 32.2 Å². The Labute approximate surface area is 347 Å². The second kappa shape index (κ2) is 19.8. The van der Waals surface area contributed by atoms with Gasteiger partial charge in [-0.3, -0.25) is 14.7 Å². The molecule has 7 nitrogen and oxygen atoms in total. The molecule has 1 saturated heterocycles. The van der Waals surface area contributed by atoms with Gasteiger partial charge < -0.3 is 14.6 Å². The first-order chi connectivity index (χ1) is 27.9. The van der Waals surface area contributed by atoms with Gasteiger partial charge in [0.1, 0.15) is 17.9 Å². The third kappa shape index (κ3) is 11.4. The quantitative estimate of drug-likeness (QED) is 0.0955. The number of ether oxygens (including phenoxy) is 2. The molecule has 5 aromatic rings. The highest BCUT2D eigenvalue weighted by molar-refractivity contribution is 5.70. The Morgan fingerprint density at radius 3 is 1.33 bits per heavy atom. The third-order valence-corrected chi connectivity index (χ3v) is 11.3. The molecule has 1 aliphatic rings. The molecule has 306 valence electrons. The average Bonchev–Trinajstić information content (AvgIpc) is 3.45. The molecule has 0 aromatic heterocycles. The van der Waals surface area contributed by atoms with Crippen LogP contribution in [0.5, 0.6) is 0 Å². The zero-order valence-corrected chi connectivity index (χ0v) is 35.3. The monoisotopic (exact) mass is 781 g/mol. The number of carbonyl (C=O) groups is 1. The predicted octanol–water partition coefficient (Wildman–Crippen LogP) is 10.1. The summed E-state index contributed by atoms with van der Waals surface area (Å²) in [6.07, 6.45) is -1.26. The normalized spacial score (nSPS) is 17.0. The van der Waals surface area contributed by atoms with Crippen molar-refractivity contribution in [2.24, 2.45) is 5.92 Å². The molecular formula is C51H63N3O4. The van der Waals surface area contributed by atoms with Crippen LogP contribution in [0.1, 0.15) is 75.8 Å². The van der Waals surface area contributed by atoms with E-state index < -0.39 is 35.6 Å². The number of aliphatic hydroxyl groups is 1. The molecule has 1 heterocycles. The minimum atomic E-state index is -1.09. The summed E-state index contributed by atoms with van der Waals surface area (Å²) in [5.74, 6) is 0.229. The van der Waals surface area contributed by atoms with Gasteiger partial charge in [-0.2, -0.15) is 0 Å². The Morgan fingerprint density at radius 2 is 0.983 bits per heavy atom. The fourth-order valence-corrected chi connectivity index (χ4v) is 8.59. The lowest BCUT2D eigenvalue weighted by Crippen LogP contribution is -2.60. The summed E-state index contributed by atoms with van der Waals surface area (Å²) in [5, 5.41) is 13.5. The van der Waals surface area contributed by atoms with Crippen LogP contribution in [0.25, 0.3) is 0 Å². The average molecular weight is 782 g/mol. The highest BCUT2D eigenvalue weighted by Gasteiger charge is 2.52. The number of hydrogen-bond donors (Lipinski definition) is 1. The standard InChI is InChI=1S/C51H63N3O4/c1-39(2)32-46(53(36-43-28-18-10-19-29-43)37-44-30-20-11-21-31-44)48(58-49(56)54-50(3,4)38-57-51(54,5)6)47(55)45(33-40-22-12-7-13-23-40)52(34-41-24-14-8-15-25-41)35-42-26-16-9-17-27-42/h7-31,39,45-48,55H,32-38H2,1-6H3/t45-,46-,47-,48-/m0/s1. The molecule has 0 saturated carbocycles. The van der Waals surface area contributed by atoms with Crippen LogP contribution in [0.4, 0.5) is 4.79 Å². The van der Waals surface area contributed by atoms with Gasteiger partial charge in [0.2, 0.25) is 0 Å². The number of amides is 1. The van der Waals surface area contributed by atoms with Gasteiger partial charge in [-0.05, 0) is 74.3 Å². The lowest BCUT2D eigenvalue weighted by molar-refractivity contribution is -0.112. The number of benzene rings is 5. The fraction of sp³-hybridized carbons (Fsp3) is 0.392. The second-order valence-electron chi connectivity index (χ2n) is 17.4. The van der Waals surface area contributed by atoms with Gasteiger partial charge in [0.25, 0.3) is 0 Å². The summed E-state index contributed by atoms with van der Waals surface area (Å²) in [7, 11) is 0. The van der Waals surface area contributed by atoms with Crippen molar-refractivity contribution >= 4 is 6.09 Å². The van der Waals surface area contributed by atoms with Gasteiger partial charge in [0.15, 0.2) is 0 Å². The van der Waals surface area contributed by atoms with E-state index in [4.69, 9.17) is 9.47 Å². The van der Waals surface area contributed by atoms with Crippen LogP contribution < -0.4 is 0 Å². The van der Waals surface area contributed by atoms with Crippen LogP contribution in [-0.2, 0) is 42.1 Å². The molecular weight excluding hydrogens is 719 g/mol. The van der Waals surface area contributed by atoms with Crippen molar-refractivity contribution in [1.82, 2.24) is 14.7 Å². The van der Waals surface area contributed by atoms with Crippen LogP contribution in [0.3, 0.4) is 0 Å². The Morgan fingerprint density at radius 1 is 0.621 bits per heavy atom. The number of hydrogen-bond acceptors (Lipinski definition) is 6. The highest BCUT2D eigenvalue weighted by Crippen LogP contribution is 2.37. The maximum atomic E-state index is 14.9. The Hall–Kier alpha value is -4.79. The molecule has 0 unspecified atom stereocenters. The molecule has 1 N–H and O–H groups in total. The van der Waals surface area contributed by atoms with Crippen molar-refractivity contribution in [3.63, 3.8) is 0 Å². The van der Waals surface area contributed by atoms with E-state index in [0.717, 1.165) is 27.8 Å². The zero-order chi connectivity index (χ0) is 41.1. The summed E-state index contributed by atoms with van der Waals surface area (Å²) >= 11 is 0. The summed E-state index contributed by atoms with van der Waals surface area (Å²) < 4.78 is 13.1. The third-order valence-electron chi connectivity index (χ3n) is 11.3. The van der Waals surface area contributed by atoms with Gasteiger partial charge in [0.05, 0.1) is 18.2 Å². The van der Waals surface area contributed by atoms with Crippen molar-refractivity contribution in [2.45, 2.75) is 116 Å². The molecule has 0 spiro atoms. The largest absolute Gasteiger partial charge is 0.442 e. The van der Waals surface area contributed by atoms with E-state index in [2.05, 4.69) is 145 Å². The number of aliphatic hydroxyl groups excluding tert-OH is 1. The van der Waals surface area contributed by atoms with Crippen molar-refractivity contribution in [2.75, 3.05) is 6.61 Å². The lowest BCUT2D eigenvalue weighted by atomic mass is 9.87. The summed E-state index contributed by atoms with van der Waals surface area (Å²) in [6.45, 7) is 15.1. The van der Waals surface area contributed by atoms with Gasteiger partial charge in [-0.15, -0.1) is 0 Å². The van der Waals surface area contributed by atoms with Crippen LogP contribution >= 0.6 is 0 Å². The van der Waals surface area contributed by atoms with Crippen molar-refractivity contribution in [1.29, 1.82) is 0 Å². The molecule has 6 rings (SSSR count). The maximum absolute atomic E-state index is 14.9. The summed E-state index contributed by atoms with van der Waals surface area (Å²) in [4.78, 5) is 21.5. The van der Waals surface area contributed by atoms with Crippen molar-refractivity contribution in [3.05, 3.63) is 179 Å². The van der Waals surface area contributed by atoms with Crippen molar-refractivity contribution in [3.8, 4) is 0 Å². The first-order valence-corrected chi connectivity index (χ1v) is 20.9. The van der Waals surface area contributed by atoms with Crippen LogP contribution in [0, 0.1) is 5.92 Å². The Kier molecular flexibility index (Phi) is 14.6. The Balaban J connectivity index is 1.51. The molecule has 1 aliphatic heterocycles. The molecule has 58 heavy (non-hydrogen) atoms. The van der Waals surface area contributed by atoms with E-state index >= 15 is 0 Å². The van der Waals surface area contributed by atoms with Gasteiger partial charge in [-0.25, -0.2) is 4.79 Å². The van der Waals surface area contributed by atoms with Gasteiger partial charge in [-0.1, -0.05) is 166 Å². The van der Waals surface area contributed by atoms with Gasteiger partial charge >= 0.3 is 6.09 Å². The topological polar surface area (TPSA) is 65.5 Å². The molecule has 0 bridgehead atoms. The SMILES string of the molecule is CC(C)C[C@@H]([C@H](OC(=O)N1C(C)(C)COC1(C)C)[C@@H](O)[C@H](Cc1ccccc1)N(Cc1ccccc1)Cc1ccccc1)N(Cc1ccccc1)Cc1ccccc1. The zero-order valence-electron chi connectivity index (χ0n) is 35.3. The number of nitrogens with zero attached hydrogens (tertiary/aromatic N) is 3. The van der Waals surface area contributed by atoms with Crippen LogP contribution in [0.15, 0.2) is 152 Å². The van der Waals surface area contributed by atoms with E-state index in [9.17, 15) is 9.90 Å². The minimum absolute atomic E-state index is 0.229. The summed E-state index contributed by atoms with van der Waals surface area (Å²) in [5.41, 5.74) is 4.17. The molecule has 5 aromatic carbocycles. The van der Waals surface area contributed by atoms with Crippen molar-refractivity contribution < 1.29 is 19.4 Å². The van der Waals surface area contributed by atoms with Crippen LogP contribution in [0.2, 0.25) is 0 Å². The van der Waals surface area contributed by atoms with E-state index in [0.29, 0.717) is 45.6 Å². The second-order valence-corrected chi connectivity index (χ2v) is 17.4. The number of carbonyl (C=O) groups excluding carboxylic acids is 1.